The molecule has 2 aliphatic carbocycles. The van der Waals surface area contributed by atoms with Crippen molar-refractivity contribution in [3.63, 3.8) is 0 Å². The first-order chi connectivity index (χ1) is 13.1. The van der Waals surface area contributed by atoms with Gasteiger partial charge in [0.25, 0.3) is 5.56 Å². The van der Waals surface area contributed by atoms with Crippen LogP contribution in [0.3, 0.4) is 0 Å². The summed E-state index contributed by atoms with van der Waals surface area (Å²) in [5.74, 6) is 0.646. The number of nitrogens with one attached hydrogen (secondary N) is 1. The largest absolute Gasteiger partial charge is 0.393 e. The number of benzene rings is 1. The third-order valence-electron chi connectivity index (χ3n) is 5.94. The van der Waals surface area contributed by atoms with Crippen LogP contribution in [0, 0.1) is 0 Å². The van der Waals surface area contributed by atoms with Crippen LogP contribution < -0.4 is 10.9 Å². The van der Waals surface area contributed by atoms with Gasteiger partial charge < -0.3 is 10.4 Å². The standard InChI is InChI=1S/C21H26ClN3O2/c22-20-19(24-16-7-11-18(26)12-8-16)13-23-25(21(20)27)17-9-5-15(6-10-17)14-3-1-2-4-14/h5-6,9-10,13-14,16,18,24,26H,1-4,7-8,11-12H2. The Kier molecular flexibility index (Phi) is 5.50. The van der Waals surface area contributed by atoms with Gasteiger partial charge in [0.05, 0.1) is 23.7 Å². The zero-order valence-electron chi connectivity index (χ0n) is 15.4. The highest BCUT2D eigenvalue weighted by Crippen LogP contribution is 2.34. The summed E-state index contributed by atoms with van der Waals surface area (Å²) in [5, 5.41) is 17.4. The van der Waals surface area contributed by atoms with Gasteiger partial charge in [0.15, 0.2) is 0 Å². The number of aliphatic hydroxyl groups excluding tert-OH is 1. The Bertz CT molecular complexity index is 835. The van der Waals surface area contributed by atoms with E-state index in [0.717, 1.165) is 31.4 Å². The van der Waals surface area contributed by atoms with Crippen LogP contribution in [0.2, 0.25) is 5.02 Å². The Labute approximate surface area is 164 Å². The van der Waals surface area contributed by atoms with Crippen LogP contribution in [0.1, 0.15) is 62.8 Å². The second-order valence-corrected chi connectivity index (χ2v) is 8.19. The summed E-state index contributed by atoms with van der Waals surface area (Å²) in [5.41, 5.74) is 2.33. The van der Waals surface area contributed by atoms with E-state index in [-0.39, 0.29) is 22.7 Å². The molecule has 0 aliphatic heterocycles. The number of nitrogens with zero attached hydrogens (tertiary/aromatic N) is 2. The lowest BCUT2D eigenvalue weighted by molar-refractivity contribution is 0.126. The molecule has 2 fully saturated rings. The number of aromatic nitrogens is 2. The Morgan fingerprint density at radius 2 is 1.70 bits per heavy atom. The molecule has 0 radical (unpaired) electrons. The molecule has 4 rings (SSSR count). The normalized spacial score (nSPS) is 23.5. The van der Waals surface area contributed by atoms with Gasteiger partial charge >= 0.3 is 0 Å². The van der Waals surface area contributed by atoms with Crippen molar-refractivity contribution in [2.24, 2.45) is 0 Å². The minimum Gasteiger partial charge on any atom is -0.393 e. The van der Waals surface area contributed by atoms with E-state index >= 15 is 0 Å². The number of hydrogen-bond acceptors (Lipinski definition) is 4. The number of halogens is 1. The monoisotopic (exact) mass is 387 g/mol. The molecule has 2 N–H and O–H groups in total. The molecule has 0 bridgehead atoms. The fourth-order valence-electron chi connectivity index (χ4n) is 4.30. The van der Waals surface area contributed by atoms with Crippen molar-refractivity contribution in [1.29, 1.82) is 0 Å². The summed E-state index contributed by atoms with van der Waals surface area (Å²) >= 11 is 6.35. The molecule has 2 aromatic rings. The molecule has 1 aromatic carbocycles. The predicted molar refractivity (Wildman–Crippen MR) is 108 cm³/mol. The molecule has 2 aliphatic rings. The minimum atomic E-state index is -0.314. The van der Waals surface area contributed by atoms with Gasteiger partial charge in [0, 0.05) is 6.04 Å². The van der Waals surface area contributed by atoms with Gasteiger partial charge in [0.2, 0.25) is 0 Å². The first-order valence-corrected chi connectivity index (χ1v) is 10.3. The molecule has 0 atom stereocenters. The highest BCUT2D eigenvalue weighted by Gasteiger charge is 2.21. The summed E-state index contributed by atoms with van der Waals surface area (Å²) < 4.78 is 1.36. The van der Waals surface area contributed by atoms with Gasteiger partial charge in [-0.3, -0.25) is 4.79 Å². The van der Waals surface area contributed by atoms with Crippen LogP contribution in [0.25, 0.3) is 5.69 Å². The van der Waals surface area contributed by atoms with Crippen molar-refractivity contribution in [3.05, 3.63) is 51.4 Å². The number of anilines is 1. The second kappa shape index (κ2) is 8.03. The fraction of sp³-hybridized carbons (Fsp3) is 0.524. The van der Waals surface area contributed by atoms with Crippen LogP contribution in [0.5, 0.6) is 0 Å². The highest BCUT2D eigenvalue weighted by atomic mass is 35.5. The maximum Gasteiger partial charge on any atom is 0.292 e. The Balaban J connectivity index is 1.52. The van der Waals surface area contributed by atoms with Crippen LogP contribution in [-0.4, -0.2) is 27.0 Å². The van der Waals surface area contributed by atoms with Crippen LogP contribution in [-0.2, 0) is 0 Å². The van der Waals surface area contributed by atoms with Gasteiger partial charge in [-0.25, -0.2) is 0 Å². The molecule has 2 saturated carbocycles. The van der Waals surface area contributed by atoms with E-state index in [2.05, 4.69) is 22.5 Å². The quantitative estimate of drug-likeness (QED) is 0.822. The molecule has 0 spiro atoms. The van der Waals surface area contributed by atoms with E-state index in [0.29, 0.717) is 11.6 Å². The molecule has 144 valence electrons. The van der Waals surface area contributed by atoms with Crippen molar-refractivity contribution < 1.29 is 5.11 Å². The van der Waals surface area contributed by atoms with Crippen LogP contribution in [0.15, 0.2) is 35.3 Å². The maximum atomic E-state index is 12.7. The third kappa shape index (κ3) is 4.04. The van der Waals surface area contributed by atoms with Crippen molar-refractivity contribution in [2.45, 2.75) is 69.4 Å². The summed E-state index contributed by atoms with van der Waals surface area (Å²) in [4.78, 5) is 12.7. The molecule has 1 heterocycles. The van der Waals surface area contributed by atoms with Crippen LogP contribution in [0.4, 0.5) is 5.69 Å². The molecular weight excluding hydrogens is 362 g/mol. The first kappa shape index (κ1) is 18.5. The van der Waals surface area contributed by atoms with Gasteiger partial charge in [-0.05, 0) is 62.1 Å². The maximum absolute atomic E-state index is 12.7. The van der Waals surface area contributed by atoms with E-state index in [1.165, 1.54) is 35.9 Å². The molecule has 27 heavy (non-hydrogen) atoms. The smallest absolute Gasteiger partial charge is 0.292 e. The van der Waals surface area contributed by atoms with E-state index in [4.69, 9.17) is 11.6 Å². The predicted octanol–water partition coefficient (Wildman–Crippen LogP) is 4.26. The highest BCUT2D eigenvalue weighted by molar-refractivity contribution is 6.32. The van der Waals surface area contributed by atoms with Gasteiger partial charge in [-0.15, -0.1) is 0 Å². The summed E-state index contributed by atoms with van der Waals surface area (Å²) in [6, 6.07) is 8.33. The van der Waals surface area contributed by atoms with E-state index in [9.17, 15) is 9.90 Å². The van der Waals surface area contributed by atoms with Crippen molar-refractivity contribution in [3.8, 4) is 5.69 Å². The van der Waals surface area contributed by atoms with Crippen molar-refractivity contribution in [2.75, 3.05) is 5.32 Å². The van der Waals surface area contributed by atoms with Gasteiger partial charge in [-0.1, -0.05) is 36.6 Å². The van der Waals surface area contributed by atoms with Crippen LogP contribution >= 0.6 is 11.6 Å². The van der Waals surface area contributed by atoms with Gasteiger partial charge in [0.1, 0.15) is 5.02 Å². The fourth-order valence-corrected chi connectivity index (χ4v) is 4.49. The average Bonchev–Trinajstić information content (AvgIpc) is 3.22. The molecule has 5 nitrogen and oxygen atoms in total. The first-order valence-electron chi connectivity index (χ1n) is 9.94. The molecule has 0 amide bonds. The topological polar surface area (TPSA) is 67.2 Å². The summed E-state index contributed by atoms with van der Waals surface area (Å²) in [6.07, 6.45) is 9.79. The molecule has 1 aromatic heterocycles. The zero-order valence-corrected chi connectivity index (χ0v) is 16.2. The Morgan fingerprint density at radius 1 is 1.04 bits per heavy atom. The lowest BCUT2D eigenvalue weighted by Crippen LogP contribution is -2.30. The van der Waals surface area contributed by atoms with E-state index < -0.39 is 0 Å². The lowest BCUT2D eigenvalue weighted by Gasteiger charge is -2.27. The molecular formula is C21H26ClN3O2. The van der Waals surface area contributed by atoms with Crippen molar-refractivity contribution in [1.82, 2.24) is 9.78 Å². The van der Waals surface area contributed by atoms with E-state index in [1.54, 1.807) is 6.20 Å². The van der Waals surface area contributed by atoms with E-state index in [1.807, 2.05) is 12.1 Å². The second-order valence-electron chi connectivity index (χ2n) is 7.81. The van der Waals surface area contributed by atoms with Gasteiger partial charge in [-0.2, -0.15) is 9.78 Å². The third-order valence-corrected chi connectivity index (χ3v) is 6.30. The number of aliphatic hydroxyl groups is 1. The minimum absolute atomic E-state index is 0.163. The lowest BCUT2D eigenvalue weighted by atomic mass is 9.93. The molecule has 6 heteroatoms. The summed E-state index contributed by atoms with van der Waals surface area (Å²) in [6.45, 7) is 0. The van der Waals surface area contributed by atoms with Crippen molar-refractivity contribution >= 4 is 17.3 Å². The Morgan fingerprint density at radius 3 is 2.37 bits per heavy atom. The SMILES string of the molecule is O=c1c(Cl)c(NC2CCC(O)CC2)cnn1-c1ccc(C2CCCC2)cc1. The number of hydrogen-bond donors (Lipinski definition) is 2. The zero-order chi connectivity index (χ0) is 18.8. The molecule has 0 saturated heterocycles. The average molecular weight is 388 g/mol. The summed E-state index contributed by atoms with van der Waals surface area (Å²) in [7, 11) is 0. The molecule has 0 unspecified atom stereocenters. The number of rotatable bonds is 4. The Hall–Kier alpha value is -1.85.